The lowest BCUT2D eigenvalue weighted by Gasteiger charge is -2.27. The van der Waals surface area contributed by atoms with E-state index in [1.165, 1.54) is 43.1 Å². The number of benzene rings is 2. The van der Waals surface area contributed by atoms with Crippen molar-refractivity contribution < 1.29 is 4.74 Å². The average Bonchev–Trinajstić information content (AvgIpc) is 2.56. The van der Waals surface area contributed by atoms with Crippen LogP contribution in [0, 0.1) is 0 Å². The van der Waals surface area contributed by atoms with Crippen molar-refractivity contribution in [1.82, 2.24) is 10.4 Å². The van der Waals surface area contributed by atoms with Gasteiger partial charge in [0.05, 0.1) is 6.61 Å². The summed E-state index contributed by atoms with van der Waals surface area (Å²) in [5, 5.41) is 4.78. The van der Waals surface area contributed by atoms with E-state index in [1.807, 2.05) is 0 Å². The molecule has 2 aromatic carbocycles. The van der Waals surface area contributed by atoms with Crippen molar-refractivity contribution in [1.29, 1.82) is 0 Å². The summed E-state index contributed by atoms with van der Waals surface area (Å²) in [4.78, 5) is 0. The molecule has 3 nitrogen and oxygen atoms in total. The molecule has 1 saturated heterocycles. The first-order chi connectivity index (χ1) is 10.4. The minimum Gasteiger partial charge on any atom is -0.493 e. The average molecular weight is 284 g/mol. The van der Waals surface area contributed by atoms with Gasteiger partial charge >= 0.3 is 0 Å². The van der Waals surface area contributed by atoms with Crippen LogP contribution in [-0.4, -0.2) is 31.3 Å². The largest absolute Gasteiger partial charge is 0.493 e. The predicted molar refractivity (Wildman–Crippen MR) is 87.5 cm³/mol. The zero-order valence-electron chi connectivity index (χ0n) is 12.6. The van der Waals surface area contributed by atoms with Gasteiger partial charge in [-0.3, -0.25) is 5.43 Å². The van der Waals surface area contributed by atoms with Crippen molar-refractivity contribution in [2.24, 2.45) is 0 Å². The van der Waals surface area contributed by atoms with E-state index in [0.717, 1.165) is 25.3 Å². The molecule has 0 saturated carbocycles. The molecule has 3 rings (SSSR count). The highest BCUT2D eigenvalue weighted by Crippen LogP contribution is 2.25. The Hall–Kier alpha value is -1.58. The molecule has 0 aromatic heterocycles. The fourth-order valence-corrected chi connectivity index (χ4v) is 2.87. The normalized spacial score (nSPS) is 16.2. The third-order valence-electron chi connectivity index (χ3n) is 4.02. The fraction of sp³-hybridized carbons (Fsp3) is 0.444. The van der Waals surface area contributed by atoms with Crippen LogP contribution >= 0.6 is 0 Å². The molecular formula is C18H24N2O. The molecule has 0 bridgehead atoms. The predicted octanol–water partition coefficient (Wildman–Crippen LogP) is 3.60. The minimum absolute atomic E-state index is 0.759. The van der Waals surface area contributed by atoms with Gasteiger partial charge in [-0.15, -0.1) is 0 Å². The molecular weight excluding hydrogens is 260 g/mol. The van der Waals surface area contributed by atoms with Gasteiger partial charge < -0.3 is 4.74 Å². The molecule has 1 N–H and O–H groups in total. The standard InChI is InChI=1S/C18H24N2O/c1-4-13-20(14-5-1)19-12-7-15-21-18-11-6-9-16-8-2-3-10-17(16)18/h2-3,6,8-11,19H,1,4-5,7,12-15H2. The Morgan fingerprint density at radius 1 is 0.952 bits per heavy atom. The monoisotopic (exact) mass is 284 g/mol. The summed E-state index contributed by atoms with van der Waals surface area (Å²) in [7, 11) is 0. The first kappa shape index (κ1) is 14.4. The van der Waals surface area contributed by atoms with Crippen molar-refractivity contribution in [3.63, 3.8) is 0 Å². The van der Waals surface area contributed by atoms with Crippen LogP contribution in [0.4, 0.5) is 0 Å². The van der Waals surface area contributed by atoms with Gasteiger partial charge in [0, 0.05) is 25.0 Å². The fourth-order valence-electron chi connectivity index (χ4n) is 2.87. The van der Waals surface area contributed by atoms with E-state index in [9.17, 15) is 0 Å². The molecule has 3 heteroatoms. The SMILES string of the molecule is c1ccc2c(OCCCNN3CCCCC3)cccc2c1. The van der Waals surface area contributed by atoms with Crippen LogP contribution in [0.25, 0.3) is 10.8 Å². The second kappa shape index (κ2) is 7.43. The third-order valence-corrected chi connectivity index (χ3v) is 4.02. The maximum absolute atomic E-state index is 5.95. The van der Waals surface area contributed by atoms with E-state index >= 15 is 0 Å². The van der Waals surface area contributed by atoms with Crippen LogP contribution in [0.5, 0.6) is 5.75 Å². The number of hydrogen-bond acceptors (Lipinski definition) is 3. The van der Waals surface area contributed by atoms with Gasteiger partial charge in [0.2, 0.25) is 0 Å². The van der Waals surface area contributed by atoms with E-state index in [2.05, 4.69) is 52.9 Å². The number of hydrogen-bond donors (Lipinski definition) is 1. The van der Waals surface area contributed by atoms with Gasteiger partial charge in [0.15, 0.2) is 0 Å². The molecule has 0 atom stereocenters. The molecule has 0 amide bonds. The number of rotatable bonds is 6. The van der Waals surface area contributed by atoms with E-state index in [0.29, 0.717) is 0 Å². The van der Waals surface area contributed by atoms with Crippen molar-refractivity contribution >= 4 is 10.8 Å². The number of nitrogens with one attached hydrogen (secondary N) is 1. The minimum atomic E-state index is 0.759. The lowest BCUT2D eigenvalue weighted by molar-refractivity contribution is 0.149. The molecule has 1 fully saturated rings. The van der Waals surface area contributed by atoms with E-state index in [4.69, 9.17) is 4.74 Å². The van der Waals surface area contributed by atoms with Crippen molar-refractivity contribution in [2.45, 2.75) is 25.7 Å². The zero-order valence-corrected chi connectivity index (χ0v) is 12.6. The topological polar surface area (TPSA) is 24.5 Å². The quantitative estimate of drug-likeness (QED) is 0.820. The molecule has 21 heavy (non-hydrogen) atoms. The molecule has 1 heterocycles. The van der Waals surface area contributed by atoms with Crippen LogP contribution < -0.4 is 10.2 Å². The number of ether oxygens (including phenoxy) is 1. The zero-order chi connectivity index (χ0) is 14.3. The second-order valence-electron chi connectivity index (χ2n) is 5.64. The summed E-state index contributed by atoms with van der Waals surface area (Å²) in [5.41, 5.74) is 3.50. The maximum atomic E-state index is 5.95. The second-order valence-corrected chi connectivity index (χ2v) is 5.64. The summed E-state index contributed by atoms with van der Waals surface area (Å²) in [6, 6.07) is 14.6. The lowest BCUT2D eigenvalue weighted by Crippen LogP contribution is -2.42. The Kier molecular flexibility index (Phi) is 5.08. The summed E-state index contributed by atoms with van der Waals surface area (Å²) < 4.78 is 5.95. The Labute approximate surface area is 126 Å². The van der Waals surface area contributed by atoms with Gasteiger partial charge in [0.1, 0.15) is 5.75 Å². The smallest absolute Gasteiger partial charge is 0.127 e. The maximum Gasteiger partial charge on any atom is 0.127 e. The Bertz CT molecular complexity index is 559. The van der Waals surface area contributed by atoms with Gasteiger partial charge in [-0.2, -0.15) is 0 Å². The first-order valence-corrected chi connectivity index (χ1v) is 8.02. The van der Waals surface area contributed by atoms with Crippen LogP contribution in [0.3, 0.4) is 0 Å². The van der Waals surface area contributed by atoms with Gasteiger partial charge in [0.25, 0.3) is 0 Å². The number of hydrazine groups is 1. The molecule has 0 radical (unpaired) electrons. The lowest BCUT2D eigenvalue weighted by atomic mass is 10.1. The molecule has 2 aromatic rings. The molecule has 1 aliphatic rings. The van der Waals surface area contributed by atoms with Gasteiger partial charge in [-0.25, -0.2) is 5.01 Å². The number of fused-ring (bicyclic) bond motifs is 1. The molecule has 0 unspecified atom stereocenters. The Morgan fingerprint density at radius 3 is 2.67 bits per heavy atom. The van der Waals surface area contributed by atoms with Crippen LogP contribution in [0.2, 0.25) is 0 Å². The number of nitrogens with zero attached hydrogens (tertiary/aromatic N) is 1. The summed E-state index contributed by atoms with van der Waals surface area (Å²) in [6.07, 6.45) is 5.04. The molecule has 0 spiro atoms. The molecule has 1 aliphatic heterocycles. The van der Waals surface area contributed by atoms with Crippen LogP contribution in [0.1, 0.15) is 25.7 Å². The van der Waals surface area contributed by atoms with Crippen LogP contribution in [-0.2, 0) is 0 Å². The third kappa shape index (κ3) is 3.96. The van der Waals surface area contributed by atoms with E-state index in [-0.39, 0.29) is 0 Å². The number of piperidine rings is 1. The first-order valence-electron chi connectivity index (χ1n) is 8.02. The van der Waals surface area contributed by atoms with Crippen molar-refractivity contribution in [3.8, 4) is 5.75 Å². The van der Waals surface area contributed by atoms with E-state index < -0.39 is 0 Å². The van der Waals surface area contributed by atoms with Crippen LogP contribution in [0.15, 0.2) is 42.5 Å². The van der Waals surface area contributed by atoms with Crippen molar-refractivity contribution in [2.75, 3.05) is 26.2 Å². The van der Waals surface area contributed by atoms with Crippen molar-refractivity contribution in [3.05, 3.63) is 42.5 Å². The highest BCUT2D eigenvalue weighted by atomic mass is 16.5. The molecule has 0 aliphatic carbocycles. The van der Waals surface area contributed by atoms with Gasteiger partial charge in [-0.05, 0) is 30.7 Å². The summed E-state index contributed by atoms with van der Waals surface area (Å²) in [6.45, 7) is 4.12. The Balaban J connectivity index is 1.44. The Morgan fingerprint density at radius 2 is 1.76 bits per heavy atom. The highest BCUT2D eigenvalue weighted by Gasteiger charge is 2.08. The molecule has 112 valence electrons. The summed E-state index contributed by atoms with van der Waals surface area (Å²) >= 11 is 0. The highest BCUT2D eigenvalue weighted by molar-refractivity contribution is 5.88. The summed E-state index contributed by atoms with van der Waals surface area (Å²) in [5.74, 6) is 0.992. The van der Waals surface area contributed by atoms with Gasteiger partial charge in [-0.1, -0.05) is 42.8 Å². The van der Waals surface area contributed by atoms with E-state index in [1.54, 1.807) is 0 Å².